The number of primary amides is 1. The number of carbonyl (C=O) groups is 2. The van der Waals surface area contributed by atoms with Crippen LogP contribution in [0.15, 0.2) is 30.9 Å². The van der Waals surface area contributed by atoms with E-state index in [1.165, 1.54) is 6.08 Å². The Hall–Kier alpha value is -3.77. The monoisotopic (exact) mass is 504 g/mol. The van der Waals surface area contributed by atoms with Crippen molar-refractivity contribution in [2.75, 3.05) is 45.7 Å². The molecule has 2 amide bonds. The quantitative estimate of drug-likeness (QED) is 0.443. The van der Waals surface area contributed by atoms with Crippen LogP contribution in [-0.4, -0.2) is 77.8 Å². The highest BCUT2D eigenvalue weighted by Crippen LogP contribution is 2.31. The lowest BCUT2D eigenvalue weighted by atomic mass is 10.0. The molecule has 0 bridgehead atoms. The third-order valence-corrected chi connectivity index (χ3v) is 7.15. The van der Waals surface area contributed by atoms with Crippen molar-refractivity contribution in [1.82, 2.24) is 19.6 Å². The van der Waals surface area contributed by atoms with Crippen molar-refractivity contribution >= 4 is 17.6 Å². The Morgan fingerprint density at radius 3 is 2.62 bits per heavy atom. The van der Waals surface area contributed by atoms with Crippen LogP contribution in [0.25, 0.3) is 0 Å². The lowest BCUT2D eigenvalue weighted by Crippen LogP contribution is -2.38. The second kappa shape index (κ2) is 11.5. The molecule has 3 N–H and O–H groups in total. The van der Waals surface area contributed by atoms with Crippen molar-refractivity contribution in [3.05, 3.63) is 53.2 Å². The summed E-state index contributed by atoms with van der Waals surface area (Å²) >= 11 is 0. The summed E-state index contributed by atoms with van der Waals surface area (Å²) in [5.41, 5.74) is 8.40. The molecule has 0 spiro atoms. The first-order chi connectivity index (χ1) is 17.8. The Morgan fingerprint density at radius 2 is 1.97 bits per heavy atom. The summed E-state index contributed by atoms with van der Waals surface area (Å²) < 4.78 is 7.24. The summed E-state index contributed by atoms with van der Waals surface area (Å²) in [6.07, 6.45) is 4.77. The zero-order valence-corrected chi connectivity index (χ0v) is 21.9. The average Bonchev–Trinajstić information content (AvgIpc) is 3.53. The van der Waals surface area contributed by atoms with Gasteiger partial charge in [-0.3, -0.25) is 9.59 Å². The molecule has 196 valence electrons. The van der Waals surface area contributed by atoms with Crippen LogP contribution in [0.2, 0.25) is 0 Å². The number of benzene rings is 1. The van der Waals surface area contributed by atoms with Gasteiger partial charge in [0.2, 0.25) is 5.91 Å². The van der Waals surface area contributed by atoms with E-state index in [1.807, 2.05) is 22.9 Å². The number of carbonyl (C=O) groups excluding carboxylic acids is 2. The Labute approximate surface area is 218 Å². The summed E-state index contributed by atoms with van der Waals surface area (Å²) in [5, 5.41) is 8.36. The maximum atomic E-state index is 12.8. The first kappa shape index (κ1) is 26.3. The van der Waals surface area contributed by atoms with Gasteiger partial charge in [-0.15, -0.1) is 0 Å². The first-order valence-electron chi connectivity index (χ1n) is 12.8. The van der Waals surface area contributed by atoms with Gasteiger partial charge in [-0.25, -0.2) is 4.68 Å². The third kappa shape index (κ3) is 5.97. The number of hydrogen-bond acceptors (Lipinski definition) is 6. The Kier molecular flexibility index (Phi) is 8.19. The van der Waals surface area contributed by atoms with Gasteiger partial charge < -0.3 is 25.6 Å². The third-order valence-electron chi connectivity index (χ3n) is 7.15. The fraction of sp³-hybridized carbons (Fsp3) is 0.464. The number of anilines is 1. The number of ether oxygens (including phenoxy) is 1. The molecule has 1 aromatic carbocycles. The predicted octanol–water partition coefficient (Wildman–Crippen LogP) is 2.42. The summed E-state index contributed by atoms with van der Waals surface area (Å²) in [7, 11) is 3.73. The van der Waals surface area contributed by atoms with Crippen LogP contribution in [0.5, 0.6) is 5.75 Å². The van der Waals surface area contributed by atoms with Gasteiger partial charge in [-0.05, 0) is 81.6 Å². The van der Waals surface area contributed by atoms with Crippen LogP contribution in [0.4, 0.5) is 5.82 Å². The van der Waals surface area contributed by atoms with Crippen molar-refractivity contribution in [2.45, 2.75) is 44.7 Å². The fourth-order valence-electron chi connectivity index (χ4n) is 4.96. The molecule has 0 aliphatic carbocycles. The number of likely N-dealkylation sites (tertiary alicyclic amines) is 2. The summed E-state index contributed by atoms with van der Waals surface area (Å²) in [6.45, 7) is 8.68. The maximum Gasteiger partial charge on any atom is 0.255 e. The zero-order valence-electron chi connectivity index (χ0n) is 21.9. The van der Waals surface area contributed by atoms with Gasteiger partial charge in [-0.2, -0.15) is 5.10 Å². The highest BCUT2D eigenvalue weighted by Gasteiger charge is 2.33. The van der Waals surface area contributed by atoms with Crippen LogP contribution in [-0.2, 0) is 11.2 Å². The molecule has 9 nitrogen and oxygen atoms in total. The van der Waals surface area contributed by atoms with Crippen molar-refractivity contribution in [2.24, 2.45) is 5.73 Å². The number of hydrogen-bond donors (Lipinski definition) is 2. The average molecular weight is 505 g/mol. The summed E-state index contributed by atoms with van der Waals surface area (Å²) in [6, 6.07) is 5.93. The smallest absolute Gasteiger partial charge is 0.255 e. The molecule has 0 unspecified atom stereocenters. The van der Waals surface area contributed by atoms with Gasteiger partial charge in [0.1, 0.15) is 17.1 Å². The highest BCUT2D eigenvalue weighted by atomic mass is 16.5. The number of methoxy groups -OCH3 is 1. The van der Waals surface area contributed by atoms with Crippen molar-refractivity contribution in [3.8, 4) is 17.6 Å². The number of amides is 2. The van der Waals surface area contributed by atoms with Gasteiger partial charge in [-0.1, -0.05) is 19.4 Å². The number of nitrogens with two attached hydrogens (primary N) is 1. The van der Waals surface area contributed by atoms with Gasteiger partial charge >= 0.3 is 0 Å². The van der Waals surface area contributed by atoms with E-state index in [9.17, 15) is 9.59 Å². The Balaban J connectivity index is 1.74. The minimum absolute atomic E-state index is 0.102. The van der Waals surface area contributed by atoms with E-state index in [0.29, 0.717) is 36.6 Å². The van der Waals surface area contributed by atoms with Gasteiger partial charge in [0.25, 0.3) is 5.91 Å². The second-order valence-electron chi connectivity index (χ2n) is 9.71. The molecule has 1 atom stereocenters. The fourth-order valence-corrected chi connectivity index (χ4v) is 4.96. The number of nitrogens with one attached hydrogen (secondary N) is 1. The molecular weight excluding hydrogens is 468 g/mol. The molecule has 4 rings (SSSR count). The Bertz CT molecular complexity index is 1210. The van der Waals surface area contributed by atoms with Crippen LogP contribution in [0.1, 0.15) is 59.4 Å². The molecule has 2 fully saturated rings. The van der Waals surface area contributed by atoms with E-state index < -0.39 is 5.91 Å². The lowest BCUT2D eigenvalue weighted by molar-refractivity contribution is -0.125. The van der Waals surface area contributed by atoms with Crippen LogP contribution in [0.3, 0.4) is 0 Å². The topological polar surface area (TPSA) is 106 Å². The van der Waals surface area contributed by atoms with Crippen LogP contribution < -0.4 is 15.8 Å². The van der Waals surface area contributed by atoms with E-state index in [4.69, 9.17) is 15.6 Å². The molecule has 3 heterocycles. The first-order valence-corrected chi connectivity index (χ1v) is 12.8. The molecular formula is C28H36N6O3. The minimum Gasteiger partial charge on any atom is -0.497 e. The normalized spacial score (nSPS) is 18.2. The van der Waals surface area contributed by atoms with E-state index >= 15 is 0 Å². The number of aromatic nitrogens is 2. The van der Waals surface area contributed by atoms with Gasteiger partial charge in [0.05, 0.1) is 13.2 Å². The summed E-state index contributed by atoms with van der Waals surface area (Å²) in [4.78, 5) is 29.0. The molecule has 37 heavy (non-hydrogen) atoms. The molecule has 2 aliphatic heterocycles. The van der Waals surface area contributed by atoms with Crippen molar-refractivity contribution in [1.29, 1.82) is 0 Å². The zero-order chi connectivity index (χ0) is 26.5. The molecule has 2 aliphatic rings. The largest absolute Gasteiger partial charge is 0.497 e. The van der Waals surface area contributed by atoms with Crippen LogP contribution >= 0.6 is 0 Å². The van der Waals surface area contributed by atoms with Crippen molar-refractivity contribution < 1.29 is 14.3 Å². The SMILES string of the molecule is C=CC(=O)N1CC[C@H](n2nc(C#Cc3cc(CC)cc(OC)c3)c(C(N)=O)c2NC2CCN(C)CC2)C1. The minimum atomic E-state index is -0.581. The lowest BCUT2D eigenvalue weighted by Gasteiger charge is -2.30. The van der Waals surface area contributed by atoms with Gasteiger partial charge in [0.15, 0.2) is 5.69 Å². The molecule has 0 saturated carbocycles. The standard InChI is InChI=1S/C28H36N6O3/c1-5-19-15-20(17-23(16-19)37-4)7-8-24-26(27(29)36)28(30-21-9-12-32(3)13-10-21)34(31-24)22-11-14-33(18-22)25(35)6-2/h6,15-17,21-22,30H,2,5,9-14,18H2,1,3-4H3,(H2,29,36)/t22-/m0/s1. The maximum absolute atomic E-state index is 12.8. The van der Waals surface area contributed by atoms with E-state index in [0.717, 1.165) is 49.2 Å². The second-order valence-corrected chi connectivity index (χ2v) is 9.71. The summed E-state index contributed by atoms with van der Waals surface area (Å²) in [5.74, 6) is 6.88. The molecule has 9 heteroatoms. The molecule has 2 saturated heterocycles. The van der Waals surface area contributed by atoms with E-state index in [1.54, 1.807) is 12.0 Å². The number of rotatable bonds is 7. The number of nitrogens with zero attached hydrogens (tertiary/aromatic N) is 4. The Morgan fingerprint density at radius 1 is 1.22 bits per heavy atom. The number of piperidine rings is 1. The molecule has 1 aromatic heterocycles. The predicted molar refractivity (Wildman–Crippen MR) is 144 cm³/mol. The van der Waals surface area contributed by atoms with E-state index in [-0.39, 0.29) is 18.0 Å². The van der Waals surface area contributed by atoms with Gasteiger partial charge in [0, 0.05) is 24.7 Å². The van der Waals surface area contributed by atoms with Crippen LogP contribution in [0, 0.1) is 11.8 Å². The molecule has 0 radical (unpaired) electrons. The number of aryl methyl sites for hydroxylation is 1. The highest BCUT2D eigenvalue weighted by molar-refractivity contribution is 6.00. The van der Waals surface area contributed by atoms with Crippen molar-refractivity contribution in [3.63, 3.8) is 0 Å². The molecule has 2 aromatic rings. The van der Waals surface area contributed by atoms with E-state index in [2.05, 4.69) is 42.6 Å².